The molecule has 116 valence electrons. The summed E-state index contributed by atoms with van der Waals surface area (Å²) >= 11 is 0. The molecule has 0 aromatic heterocycles. The van der Waals surface area contributed by atoms with E-state index in [1.54, 1.807) is 0 Å². The number of allylic oxidation sites excluding steroid dienone is 1. The normalized spacial score (nSPS) is 49.5. The summed E-state index contributed by atoms with van der Waals surface area (Å²) in [5, 5.41) is 13.9. The highest BCUT2D eigenvalue weighted by Crippen LogP contribution is 2.42. The molecule has 0 saturated carbocycles. The Bertz CT molecular complexity index is 431. The number of aliphatic hydroxyl groups excluding tert-OH is 1. The smallest absolute Gasteiger partial charge is 0.102 e. The minimum atomic E-state index is -0.189. The maximum absolute atomic E-state index is 10.3. The standard InChI is InChI=1S/C17H26N2O2/c20-16-4-2-1-3-13(16)12-7-14-15(11-5-6-21-10-11)9-19-17(14)18-8-12/h1,3,8,11-17,19-20H,2,4-7,9-10H2. The maximum Gasteiger partial charge on any atom is 0.102 e. The van der Waals surface area contributed by atoms with Crippen LogP contribution in [0.5, 0.6) is 0 Å². The number of rotatable bonds is 2. The lowest BCUT2D eigenvalue weighted by molar-refractivity contribution is 0.0863. The third-order valence-corrected chi connectivity index (χ3v) is 6.00. The Morgan fingerprint density at radius 3 is 3.00 bits per heavy atom. The molecule has 2 saturated heterocycles. The quantitative estimate of drug-likeness (QED) is 0.760. The van der Waals surface area contributed by atoms with Crippen molar-refractivity contribution in [3.63, 3.8) is 0 Å². The third-order valence-electron chi connectivity index (χ3n) is 6.00. The summed E-state index contributed by atoms with van der Waals surface area (Å²) in [5.41, 5.74) is 0. The maximum atomic E-state index is 10.3. The molecule has 2 fully saturated rings. The number of hydrogen-bond donors (Lipinski definition) is 2. The van der Waals surface area contributed by atoms with Crippen LogP contribution in [-0.2, 0) is 4.74 Å². The zero-order valence-electron chi connectivity index (χ0n) is 12.5. The Hall–Kier alpha value is -0.710. The number of hydrogen-bond acceptors (Lipinski definition) is 4. The summed E-state index contributed by atoms with van der Waals surface area (Å²) in [6, 6.07) is 0. The largest absolute Gasteiger partial charge is 0.392 e. The second-order valence-electron chi connectivity index (χ2n) is 7.15. The molecule has 3 aliphatic heterocycles. The van der Waals surface area contributed by atoms with Crippen LogP contribution >= 0.6 is 0 Å². The van der Waals surface area contributed by atoms with Crippen LogP contribution < -0.4 is 5.32 Å². The predicted octanol–water partition coefficient (Wildman–Crippen LogP) is 1.60. The van der Waals surface area contributed by atoms with Gasteiger partial charge in [0.2, 0.25) is 0 Å². The van der Waals surface area contributed by atoms with Crippen molar-refractivity contribution in [2.75, 3.05) is 19.8 Å². The van der Waals surface area contributed by atoms with Gasteiger partial charge in [0.25, 0.3) is 0 Å². The molecule has 3 heterocycles. The molecule has 7 atom stereocenters. The molecular weight excluding hydrogens is 264 g/mol. The van der Waals surface area contributed by atoms with Gasteiger partial charge < -0.3 is 9.84 Å². The molecule has 0 radical (unpaired) electrons. The van der Waals surface area contributed by atoms with Crippen LogP contribution in [0.2, 0.25) is 0 Å². The Morgan fingerprint density at radius 1 is 1.24 bits per heavy atom. The molecule has 0 amide bonds. The first-order chi connectivity index (χ1) is 10.3. The molecule has 2 N–H and O–H groups in total. The Kier molecular flexibility index (Phi) is 3.86. The molecule has 4 rings (SSSR count). The van der Waals surface area contributed by atoms with E-state index in [1.807, 2.05) is 0 Å². The van der Waals surface area contributed by atoms with Crippen LogP contribution in [0.15, 0.2) is 17.1 Å². The Balaban J connectivity index is 1.49. The summed E-state index contributed by atoms with van der Waals surface area (Å²) in [4.78, 5) is 4.78. The van der Waals surface area contributed by atoms with E-state index in [4.69, 9.17) is 9.73 Å². The number of ether oxygens (including phenoxy) is 1. The van der Waals surface area contributed by atoms with Gasteiger partial charge in [-0.3, -0.25) is 10.3 Å². The Labute approximate surface area is 126 Å². The molecular formula is C17H26N2O2. The summed E-state index contributed by atoms with van der Waals surface area (Å²) in [7, 11) is 0. The first-order valence-electron chi connectivity index (χ1n) is 8.52. The second kappa shape index (κ2) is 5.82. The van der Waals surface area contributed by atoms with Crippen molar-refractivity contribution in [1.29, 1.82) is 0 Å². The zero-order valence-corrected chi connectivity index (χ0v) is 12.5. The van der Waals surface area contributed by atoms with Crippen molar-refractivity contribution in [2.45, 2.75) is 38.0 Å². The van der Waals surface area contributed by atoms with Gasteiger partial charge in [-0.15, -0.1) is 0 Å². The lowest BCUT2D eigenvalue weighted by Crippen LogP contribution is -2.38. The minimum Gasteiger partial charge on any atom is -0.392 e. The highest BCUT2D eigenvalue weighted by atomic mass is 16.5. The number of aliphatic imine (C=N–C) groups is 1. The summed E-state index contributed by atoms with van der Waals surface area (Å²) in [6.07, 6.45) is 11.0. The van der Waals surface area contributed by atoms with Crippen molar-refractivity contribution < 1.29 is 9.84 Å². The Morgan fingerprint density at radius 2 is 2.19 bits per heavy atom. The second-order valence-corrected chi connectivity index (χ2v) is 7.15. The average molecular weight is 290 g/mol. The highest BCUT2D eigenvalue weighted by Gasteiger charge is 2.45. The molecule has 21 heavy (non-hydrogen) atoms. The predicted molar refractivity (Wildman–Crippen MR) is 82.2 cm³/mol. The van der Waals surface area contributed by atoms with Gasteiger partial charge in [0, 0.05) is 37.8 Å². The van der Waals surface area contributed by atoms with E-state index in [1.165, 1.54) is 6.42 Å². The fraction of sp³-hybridized carbons (Fsp3) is 0.824. The number of aliphatic hydroxyl groups is 1. The van der Waals surface area contributed by atoms with E-state index in [9.17, 15) is 5.11 Å². The topological polar surface area (TPSA) is 53.9 Å². The van der Waals surface area contributed by atoms with E-state index in [2.05, 4.69) is 23.7 Å². The molecule has 7 unspecified atom stereocenters. The fourth-order valence-electron chi connectivity index (χ4n) is 4.77. The van der Waals surface area contributed by atoms with Crippen molar-refractivity contribution >= 4 is 6.21 Å². The van der Waals surface area contributed by atoms with E-state index in [-0.39, 0.29) is 12.0 Å². The van der Waals surface area contributed by atoms with Crippen molar-refractivity contribution in [3.05, 3.63) is 12.2 Å². The van der Waals surface area contributed by atoms with E-state index < -0.39 is 0 Å². The lowest BCUT2D eigenvalue weighted by atomic mass is 9.72. The van der Waals surface area contributed by atoms with Gasteiger partial charge >= 0.3 is 0 Å². The lowest BCUT2D eigenvalue weighted by Gasteiger charge is -2.36. The number of nitrogens with one attached hydrogen (secondary N) is 1. The minimum absolute atomic E-state index is 0.189. The number of fused-ring (bicyclic) bond motifs is 1. The van der Waals surface area contributed by atoms with Gasteiger partial charge in [-0.05, 0) is 43.4 Å². The molecule has 0 aromatic rings. The molecule has 0 spiro atoms. The van der Waals surface area contributed by atoms with E-state index >= 15 is 0 Å². The molecule has 0 aromatic carbocycles. The summed E-state index contributed by atoms with van der Waals surface area (Å²) in [6.45, 7) is 2.93. The first-order valence-corrected chi connectivity index (χ1v) is 8.52. The molecule has 0 bridgehead atoms. The van der Waals surface area contributed by atoms with Crippen LogP contribution in [0.3, 0.4) is 0 Å². The molecule has 1 aliphatic carbocycles. The van der Waals surface area contributed by atoms with Crippen LogP contribution in [0.1, 0.15) is 25.7 Å². The third kappa shape index (κ3) is 2.58. The van der Waals surface area contributed by atoms with E-state index in [0.717, 1.165) is 39.0 Å². The molecule has 4 aliphatic rings. The van der Waals surface area contributed by atoms with Crippen LogP contribution in [-0.4, -0.2) is 43.3 Å². The zero-order chi connectivity index (χ0) is 14.2. The van der Waals surface area contributed by atoms with Gasteiger partial charge in [0.05, 0.1) is 6.10 Å². The highest BCUT2D eigenvalue weighted by molar-refractivity contribution is 5.63. The molecule has 4 heteroatoms. The monoisotopic (exact) mass is 290 g/mol. The average Bonchev–Trinajstić information content (AvgIpc) is 3.16. The van der Waals surface area contributed by atoms with Gasteiger partial charge in [-0.2, -0.15) is 0 Å². The van der Waals surface area contributed by atoms with Crippen LogP contribution in [0, 0.1) is 29.6 Å². The van der Waals surface area contributed by atoms with Crippen LogP contribution in [0.4, 0.5) is 0 Å². The van der Waals surface area contributed by atoms with Crippen molar-refractivity contribution in [1.82, 2.24) is 5.32 Å². The van der Waals surface area contributed by atoms with Crippen LogP contribution in [0.25, 0.3) is 0 Å². The van der Waals surface area contributed by atoms with Gasteiger partial charge in [-0.25, -0.2) is 0 Å². The molecule has 4 nitrogen and oxygen atoms in total. The van der Waals surface area contributed by atoms with Gasteiger partial charge in [0.1, 0.15) is 6.17 Å². The first kappa shape index (κ1) is 13.9. The van der Waals surface area contributed by atoms with Gasteiger partial charge in [-0.1, -0.05) is 12.2 Å². The fourth-order valence-corrected chi connectivity index (χ4v) is 4.77. The summed E-state index contributed by atoms with van der Waals surface area (Å²) in [5.74, 6) is 2.69. The number of nitrogens with zero attached hydrogens (tertiary/aromatic N) is 1. The van der Waals surface area contributed by atoms with E-state index in [0.29, 0.717) is 29.8 Å². The summed E-state index contributed by atoms with van der Waals surface area (Å²) < 4.78 is 5.59. The van der Waals surface area contributed by atoms with Crippen molar-refractivity contribution in [2.24, 2.45) is 34.6 Å². The van der Waals surface area contributed by atoms with Gasteiger partial charge in [0.15, 0.2) is 0 Å². The van der Waals surface area contributed by atoms with Crippen molar-refractivity contribution in [3.8, 4) is 0 Å². The SMILES string of the molecule is OC1CCC=CC1C1C=NC2NCC(C3CCOC3)C2C1.